The van der Waals surface area contributed by atoms with Gasteiger partial charge >= 0.3 is 5.97 Å². The molecule has 1 unspecified atom stereocenters. The molecule has 0 aliphatic heterocycles. The molecule has 6 heteroatoms. The number of hydrogen-bond donors (Lipinski definition) is 1. The van der Waals surface area contributed by atoms with Crippen LogP contribution in [-0.2, 0) is 16.0 Å². The summed E-state index contributed by atoms with van der Waals surface area (Å²) in [4.78, 5) is 12.1. The molecule has 3 nitrogen and oxygen atoms in total. The lowest BCUT2D eigenvalue weighted by atomic mass is 10.1. The Hall–Kier alpha value is -0.100. The van der Waals surface area contributed by atoms with Crippen LogP contribution in [0.15, 0.2) is 4.47 Å². The van der Waals surface area contributed by atoms with Gasteiger partial charge in [-0.1, -0.05) is 18.5 Å². The van der Waals surface area contributed by atoms with Gasteiger partial charge in [0.1, 0.15) is 4.34 Å². The summed E-state index contributed by atoms with van der Waals surface area (Å²) in [6.07, 6.45) is -0.567. The van der Waals surface area contributed by atoms with E-state index < -0.39 is 12.1 Å². The Labute approximate surface area is 105 Å². The smallest absolute Gasteiger partial charge is 0.339 e. The zero-order valence-corrected chi connectivity index (χ0v) is 11.4. The van der Waals surface area contributed by atoms with E-state index in [0.717, 1.165) is 4.88 Å². The van der Waals surface area contributed by atoms with E-state index in [1.807, 2.05) is 6.92 Å². The van der Waals surface area contributed by atoms with Crippen LogP contribution in [-0.4, -0.2) is 18.2 Å². The van der Waals surface area contributed by atoms with Crippen LogP contribution >= 0.6 is 38.9 Å². The lowest BCUT2D eigenvalue weighted by Gasteiger charge is -2.09. The highest BCUT2D eigenvalue weighted by Crippen LogP contribution is 2.40. The molecule has 1 aromatic rings. The van der Waals surface area contributed by atoms with Gasteiger partial charge in [0.05, 0.1) is 11.6 Å². The van der Waals surface area contributed by atoms with E-state index in [-0.39, 0.29) is 0 Å². The third-order valence-corrected chi connectivity index (χ3v) is 4.81. The molecule has 0 aliphatic rings. The summed E-state index contributed by atoms with van der Waals surface area (Å²) in [7, 11) is 1.24. The van der Waals surface area contributed by atoms with E-state index in [4.69, 9.17) is 11.6 Å². The Balaban J connectivity index is 3.17. The minimum absolute atomic E-state index is 0.513. The maximum atomic E-state index is 11.2. The van der Waals surface area contributed by atoms with Gasteiger partial charge in [0.2, 0.25) is 0 Å². The summed E-state index contributed by atoms with van der Waals surface area (Å²) in [5.74, 6) is -0.681. The highest BCUT2D eigenvalue weighted by atomic mass is 79.9. The fourth-order valence-electron chi connectivity index (χ4n) is 1.20. The van der Waals surface area contributed by atoms with Crippen LogP contribution < -0.4 is 0 Å². The van der Waals surface area contributed by atoms with Crippen molar-refractivity contribution in [1.29, 1.82) is 0 Å². The van der Waals surface area contributed by atoms with Crippen molar-refractivity contribution in [1.82, 2.24) is 0 Å². The number of carbonyl (C=O) groups excluding carboxylic acids is 1. The van der Waals surface area contributed by atoms with Crippen molar-refractivity contribution in [3.05, 3.63) is 19.2 Å². The van der Waals surface area contributed by atoms with Crippen molar-refractivity contribution in [2.45, 2.75) is 19.4 Å². The lowest BCUT2D eigenvalue weighted by Crippen LogP contribution is -2.14. The molecule has 1 heterocycles. The Morgan fingerprint density at radius 3 is 2.80 bits per heavy atom. The first-order valence-electron chi connectivity index (χ1n) is 4.25. The quantitative estimate of drug-likeness (QED) is 0.873. The summed E-state index contributed by atoms with van der Waals surface area (Å²) in [6, 6.07) is 0. The van der Waals surface area contributed by atoms with E-state index in [9.17, 15) is 9.90 Å². The topological polar surface area (TPSA) is 46.5 Å². The SMILES string of the molecule is CCc1sc(Cl)c(Br)c1C(O)C(=O)OC. The van der Waals surface area contributed by atoms with E-state index >= 15 is 0 Å². The van der Waals surface area contributed by atoms with Crippen molar-refractivity contribution in [3.63, 3.8) is 0 Å². The lowest BCUT2D eigenvalue weighted by molar-refractivity contribution is -0.150. The average Bonchev–Trinajstić information content (AvgIpc) is 2.53. The molecule has 0 aromatic carbocycles. The normalized spacial score (nSPS) is 12.6. The number of aliphatic hydroxyl groups is 1. The van der Waals surface area contributed by atoms with Gasteiger partial charge in [-0.15, -0.1) is 11.3 Å². The van der Waals surface area contributed by atoms with Crippen LogP contribution in [0.5, 0.6) is 0 Å². The first kappa shape index (κ1) is 13.0. The molecule has 0 aliphatic carbocycles. The second kappa shape index (κ2) is 5.30. The Kier molecular flexibility index (Phi) is 4.58. The molecule has 1 atom stereocenters. The Morgan fingerprint density at radius 2 is 2.33 bits per heavy atom. The number of aryl methyl sites for hydroxylation is 1. The molecule has 0 bridgehead atoms. The largest absolute Gasteiger partial charge is 0.467 e. The highest BCUT2D eigenvalue weighted by molar-refractivity contribution is 9.10. The van der Waals surface area contributed by atoms with Crippen LogP contribution in [0.25, 0.3) is 0 Å². The van der Waals surface area contributed by atoms with Gasteiger partial charge in [0, 0.05) is 10.4 Å². The minimum atomic E-state index is -1.27. The van der Waals surface area contributed by atoms with Gasteiger partial charge in [-0.3, -0.25) is 0 Å². The standard InChI is InChI=1S/C9H10BrClO3S/c1-3-4-5(6(10)8(11)15-4)7(12)9(13)14-2/h7,12H,3H2,1-2H3. The molecule has 84 valence electrons. The summed E-state index contributed by atoms with van der Waals surface area (Å²) in [5, 5.41) is 9.74. The average molecular weight is 314 g/mol. The summed E-state index contributed by atoms with van der Waals surface area (Å²) in [5.41, 5.74) is 0.513. The van der Waals surface area contributed by atoms with E-state index in [0.29, 0.717) is 20.8 Å². The molecule has 0 saturated carbocycles. The molecule has 0 saturated heterocycles. The van der Waals surface area contributed by atoms with Gasteiger partial charge < -0.3 is 9.84 Å². The van der Waals surface area contributed by atoms with Crippen LogP contribution in [0, 0.1) is 0 Å². The Bertz CT molecular complexity index is 378. The number of hydrogen-bond acceptors (Lipinski definition) is 4. The molecular weight excluding hydrogens is 304 g/mol. The molecule has 15 heavy (non-hydrogen) atoms. The monoisotopic (exact) mass is 312 g/mol. The van der Waals surface area contributed by atoms with Gasteiger partial charge in [-0.25, -0.2) is 4.79 Å². The third-order valence-electron chi connectivity index (χ3n) is 1.94. The molecule has 1 rings (SSSR count). The third kappa shape index (κ3) is 2.53. The number of rotatable bonds is 3. The molecule has 1 aromatic heterocycles. The number of methoxy groups -OCH3 is 1. The molecule has 1 N–H and O–H groups in total. The number of aliphatic hydroxyl groups excluding tert-OH is 1. The van der Waals surface area contributed by atoms with Gasteiger partial charge in [-0.05, 0) is 22.4 Å². The predicted octanol–water partition coefficient (Wildman–Crippen LogP) is 2.93. The number of carbonyl (C=O) groups is 1. The fraction of sp³-hybridized carbons (Fsp3) is 0.444. The van der Waals surface area contributed by atoms with Gasteiger partial charge in [-0.2, -0.15) is 0 Å². The first-order chi connectivity index (χ1) is 7.02. The minimum Gasteiger partial charge on any atom is -0.467 e. The van der Waals surface area contributed by atoms with Crippen LogP contribution in [0.4, 0.5) is 0 Å². The number of thiophene rings is 1. The van der Waals surface area contributed by atoms with E-state index in [1.165, 1.54) is 18.4 Å². The van der Waals surface area contributed by atoms with E-state index in [2.05, 4.69) is 20.7 Å². The maximum absolute atomic E-state index is 11.2. The van der Waals surface area contributed by atoms with Crippen LogP contribution in [0.3, 0.4) is 0 Å². The molecule has 0 radical (unpaired) electrons. The molecule has 0 amide bonds. The number of halogens is 2. The van der Waals surface area contributed by atoms with Crippen molar-refractivity contribution >= 4 is 44.8 Å². The van der Waals surface area contributed by atoms with Gasteiger partial charge in [0.15, 0.2) is 6.10 Å². The van der Waals surface area contributed by atoms with Crippen LogP contribution in [0.2, 0.25) is 4.34 Å². The Morgan fingerprint density at radius 1 is 1.73 bits per heavy atom. The van der Waals surface area contributed by atoms with Gasteiger partial charge in [0.25, 0.3) is 0 Å². The second-order valence-electron chi connectivity index (χ2n) is 2.81. The fourth-order valence-corrected chi connectivity index (χ4v) is 3.30. The van der Waals surface area contributed by atoms with Crippen molar-refractivity contribution < 1.29 is 14.6 Å². The van der Waals surface area contributed by atoms with Crippen molar-refractivity contribution in [2.75, 3.05) is 7.11 Å². The summed E-state index contributed by atoms with van der Waals surface area (Å²) in [6.45, 7) is 1.93. The van der Waals surface area contributed by atoms with E-state index in [1.54, 1.807) is 0 Å². The number of ether oxygens (including phenoxy) is 1. The highest BCUT2D eigenvalue weighted by Gasteiger charge is 2.26. The molecular formula is C9H10BrClO3S. The van der Waals surface area contributed by atoms with Crippen molar-refractivity contribution in [3.8, 4) is 0 Å². The first-order valence-corrected chi connectivity index (χ1v) is 6.24. The summed E-state index contributed by atoms with van der Waals surface area (Å²) >= 11 is 10.5. The number of esters is 1. The predicted molar refractivity (Wildman–Crippen MR) is 63.4 cm³/mol. The second-order valence-corrected chi connectivity index (χ2v) is 5.31. The van der Waals surface area contributed by atoms with Crippen molar-refractivity contribution in [2.24, 2.45) is 0 Å². The van der Waals surface area contributed by atoms with Crippen LogP contribution in [0.1, 0.15) is 23.5 Å². The zero-order valence-electron chi connectivity index (χ0n) is 8.21. The zero-order chi connectivity index (χ0) is 11.6. The summed E-state index contributed by atoms with van der Waals surface area (Å²) < 4.78 is 5.59. The molecule has 0 spiro atoms. The molecule has 0 fully saturated rings. The maximum Gasteiger partial charge on any atom is 0.339 e.